The number of rotatable bonds is 2. The van der Waals surface area contributed by atoms with Gasteiger partial charge in [-0.1, -0.05) is 6.92 Å². The largest absolute Gasteiger partial charge is 0.399 e. The van der Waals surface area contributed by atoms with Crippen LogP contribution in [0.15, 0.2) is 24.3 Å². The van der Waals surface area contributed by atoms with Crippen molar-refractivity contribution >= 4 is 11.6 Å². The first kappa shape index (κ1) is 12.9. The van der Waals surface area contributed by atoms with Crippen LogP contribution in [0.1, 0.15) is 30.6 Å². The number of hydrogen-bond donors (Lipinski definition) is 1. The molecule has 4 heteroatoms. The summed E-state index contributed by atoms with van der Waals surface area (Å²) in [5, 5.41) is 0. The summed E-state index contributed by atoms with van der Waals surface area (Å²) in [5.74, 6) is 0.0667. The minimum Gasteiger partial charge on any atom is -0.399 e. The van der Waals surface area contributed by atoms with Crippen molar-refractivity contribution in [2.75, 3.05) is 18.9 Å². The molecule has 98 valence electrons. The number of anilines is 1. The van der Waals surface area contributed by atoms with Crippen molar-refractivity contribution in [1.82, 2.24) is 4.90 Å². The third-order valence-electron chi connectivity index (χ3n) is 3.36. The van der Waals surface area contributed by atoms with Crippen molar-refractivity contribution in [1.29, 1.82) is 0 Å². The smallest absolute Gasteiger partial charge is 0.254 e. The van der Waals surface area contributed by atoms with Crippen molar-refractivity contribution in [2.24, 2.45) is 0 Å². The maximum Gasteiger partial charge on any atom is 0.254 e. The van der Waals surface area contributed by atoms with Crippen LogP contribution in [-0.2, 0) is 4.74 Å². The Morgan fingerprint density at radius 1 is 1.44 bits per heavy atom. The highest BCUT2D eigenvalue weighted by atomic mass is 16.5. The summed E-state index contributed by atoms with van der Waals surface area (Å²) in [5.41, 5.74) is 7.00. The average Bonchev–Trinajstić information content (AvgIpc) is 2.39. The van der Waals surface area contributed by atoms with E-state index in [0.717, 1.165) is 6.42 Å². The van der Waals surface area contributed by atoms with Gasteiger partial charge in [-0.25, -0.2) is 0 Å². The molecule has 0 spiro atoms. The van der Waals surface area contributed by atoms with Gasteiger partial charge in [-0.3, -0.25) is 4.79 Å². The number of amides is 1. The Kier molecular flexibility index (Phi) is 3.87. The highest BCUT2D eigenvalue weighted by Crippen LogP contribution is 2.18. The van der Waals surface area contributed by atoms with E-state index in [-0.39, 0.29) is 18.1 Å². The van der Waals surface area contributed by atoms with E-state index in [9.17, 15) is 4.79 Å². The number of benzene rings is 1. The van der Waals surface area contributed by atoms with Crippen LogP contribution in [0.4, 0.5) is 5.69 Å². The molecule has 0 saturated carbocycles. The van der Waals surface area contributed by atoms with Gasteiger partial charge in [0.2, 0.25) is 0 Å². The highest BCUT2D eigenvalue weighted by molar-refractivity contribution is 5.94. The number of morpholine rings is 1. The molecule has 2 unspecified atom stereocenters. The van der Waals surface area contributed by atoms with Crippen molar-refractivity contribution in [3.8, 4) is 0 Å². The Morgan fingerprint density at radius 3 is 2.72 bits per heavy atom. The molecule has 2 rings (SSSR count). The summed E-state index contributed by atoms with van der Waals surface area (Å²) in [6.45, 7) is 5.35. The first-order chi connectivity index (χ1) is 8.61. The van der Waals surface area contributed by atoms with Crippen molar-refractivity contribution in [3.05, 3.63) is 29.8 Å². The van der Waals surface area contributed by atoms with E-state index in [1.807, 2.05) is 11.8 Å². The molecule has 2 atom stereocenters. The first-order valence-electron chi connectivity index (χ1n) is 6.40. The van der Waals surface area contributed by atoms with Gasteiger partial charge >= 0.3 is 0 Å². The van der Waals surface area contributed by atoms with Crippen LogP contribution in [0.25, 0.3) is 0 Å². The lowest BCUT2D eigenvalue weighted by molar-refractivity contribution is -0.0444. The van der Waals surface area contributed by atoms with Crippen LogP contribution in [-0.4, -0.2) is 36.1 Å². The molecule has 0 radical (unpaired) electrons. The molecule has 1 saturated heterocycles. The molecule has 0 bridgehead atoms. The first-order valence-corrected chi connectivity index (χ1v) is 6.40. The Morgan fingerprint density at radius 2 is 2.11 bits per heavy atom. The maximum absolute atomic E-state index is 12.5. The van der Waals surface area contributed by atoms with Crippen molar-refractivity contribution < 1.29 is 9.53 Å². The van der Waals surface area contributed by atoms with Gasteiger partial charge in [0.05, 0.1) is 18.8 Å². The Balaban J connectivity index is 2.17. The summed E-state index contributed by atoms with van der Waals surface area (Å²) in [4.78, 5) is 14.4. The second-order valence-electron chi connectivity index (χ2n) is 4.79. The third kappa shape index (κ3) is 2.64. The molecule has 1 heterocycles. The molecule has 18 heavy (non-hydrogen) atoms. The van der Waals surface area contributed by atoms with Crippen molar-refractivity contribution in [2.45, 2.75) is 32.4 Å². The zero-order chi connectivity index (χ0) is 13.1. The predicted octanol–water partition coefficient (Wildman–Crippen LogP) is 1.91. The molecule has 0 aromatic heterocycles. The number of carbonyl (C=O) groups is 1. The molecule has 1 fully saturated rings. The summed E-state index contributed by atoms with van der Waals surface area (Å²) in [6, 6.07) is 7.26. The summed E-state index contributed by atoms with van der Waals surface area (Å²) in [7, 11) is 0. The van der Waals surface area contributed by atoms with E-state index in [1.165, 1.54) is 0 Å². The van der Waals surface area contributed by atoms with Gasteiger partial charge in [0.15, 0.2) is 0 Å². The van der Waals surface area contributed by atoms with E-state index in [0.29, 0.717) is 24.4 Å². The van der Waals surface area contributed by atoms with Gasteiger partial charge < -0.3 is 15.4 Å². The van der Waals surface area contributed by atoms with Gasteiger partial charge in [-0.15, -0.1) is 0 Å². The van der Waals surface area contributed by atoms with E-state index < -0.39 is 0 Å². The van der Waals surface area contributed by atoms with E-state index >= 15 is 0 Å². The second kappa shape index (κ2) is 5.40. The molecular weight excluding hydrogens is 228 g/mol. The minimum absolute atomic E-state index is 0.0667. The van der Waals surface area contributed by atoms with E-state index in [1.54, 1.807) is 24.3 Å². The maximum atomic E-state index is 12.5. The number of nitrogen functional groups attached to an aromatic ring is 1. The molecule has 2 N–H and O–H groups in total. The molecule has 1 aromatic rings. The summed E-state index contributed by atoms with van der Waals surface area (Å²) >= 11 is 0. The lowest BCUT2D eigenvalue weighted by Gasteiger charge is -2.38. The summed E-state index contributed by atoms with van der Waals surface area (Å²) in [6.07, 6.45) is 1.01. The topological polar surface area (TPSA) is 55.6 Å². The fourth-order valence-electron chi connectivity index (χ4n) is 2.22. The van der Waals surface area contributed by atoms with E-state index in [4.69, 9.17) is 10.5 Å². The predicted molar refractivity (Wildman–Crippen MR) is 71.4 cm³/mol. The van der Waals surface area contributed by atoms with Gasteiger partial charge in [0, 0.05) is 17.8 Å². The normalized spacial score (nSPS) is 24.0. The lowest BCUT2D eigenvalue weighted by atomic mass is 10.1. The Bertz CT molecular complexity index is 416. The second-order valence-corrected chi connectivity index (χ2v) is 4.79. The van der Waals surface area contributed by atoms with Gasteiger partial charge in [-0.05, 0) is 37.6 Å². The zero-order valence-corrected chi connectivity index (χ0v) is 10.9. The molecule has 4 nitrogen and oxygen atoms in total. The average molecular weight is 248 g/mol. The van der Waals surface area contributed by atoms with Crippen LogP contribution in [0.5, 0.6) is 0 Å². The monoisotopic (exact) mass is 248 g/mol. The molecule has 1 aromatic carbocycles. The zero-order valence-electron chi connectivity index (χ0n) is 10.9. The van der Waals surface area contributed by atoms with Crippen molar-refractivity contribution in [3.63, 3.8) is 0 Å². The van der Waals surface area contributed by atoms with Gasteiger partial charge in [0.25, 0.3) is 5.91 Å². The molecule has 1 aliphatic heterocycles. The molecule has 0 aliphatic carbocycles. The Labute approximate surface area is 108 Å². The number of carbonyl (C=O) groups excluding carboxylic acids is 1. The van der Waals surface area contributed by atoms with Crippen LogP contribution in [0, 0.1) is 0 Å². The number of hydrogen-bond acceptors (Lipinski definition) is 3. The molecule has 1 amide bonds. The fraction of sp³-hybridized carbons (Fsp3) is 0.500. The van der Waals surface area contributed by atoms with Crippen LogP contribution in [0.3, 0.4) is 0 Å². The van der Waals surface area contributed by atoms with E-state index in [2.05, 4.69) is 6.92 Å². The number of nitrogens with zero attached hydrogens (tertiary/aromatic N) is 1. The number of nitrogens with two attached hydrogens (primary N) is 1. The van der Waals surface area contributed by atoms with Gasteiger partial charge in [-0.2, -0.15) is 0 Å². The minimum atomic E-state index is 0.0667. The van der Waals surface area contributed by atoms with Crippen LogP contribution < -0.4 is 5.73 Å². The quantitative estimate of drug-likeness (QED) is 0.813. The molecular formula is C14H20N2O2. The SMILES string of the molecule is CCC1COC(C)CN1C(=O)c1ccc(N)cc1. The lowest BCUT2D eigenvalue weighted by Crippen LogP contribution is -2.51. The van der Waals surface area contributed by atoms with Crippen LogP contribution >= 0.6 is 0 Å². The number of ether oxygens (including phenoxy) is 1. The Hall–Kier alpha value is -1.55. The van der Waals surface area contributed by atoms with Crippen LogP contribution in [0.2, 0.25) is 0 Å². The van der Waals surface area contributed by atoms with Gasteiger partial charge in [0.1, 0.15) is 0 Å². The molecule has 1 aliphatic rings. The highest BCUT2D eigenvalue weighted by Gasteiger charge is 2.29. The third-order valence-corrected chi connectivity index (χ3v) is 3.36. The summed E-state index contributed by atoms with van der Waals surface area (Å²) < 4.78 is 5.60. The fourth-order valence-corrected chi connectivity index (χ4v) is 2.22. The standard InChI is InChI=1S/C14H20N2O2/c1-3-13-9-18-10(2)8-16(13)14(17)11-4-6-12(15)7-5-11/h4-7,10,13H,3,8-9,15H2,1-2H3.